The zero-order valence-corrected chi connectivity index (χ0v) is 17.8. The first-order valence-corrected chi connectivity index (χ1v) is 10.4. The molecule has 1 amide bonds. The number of amides is 1. The van der Waals surface area contributed by atoms with Crippen LogP contribution >= 0.6 is 0 Å². The minimum absolute atomic E-state index is 0.0835. The van der Waals surface area contributed by atoms with Crippen molar-refractivity contribution in [1.82, 2.24) is 20.1 Å². The Morgan fingerprint density at radius 1 is 1.23 bits per heavy atom. The number of piperazine rings is 1. The molecule has 166 valence electrons. The third-order valence-electron chi connectivity index (χ3n) is 5.33. The number of hydrogen-bond acceptors (Lipinski definition) is 4. The molecule has 1 saturated heterocycles. The number of aliphatic imine (C=N–C) groups is 1. The van der Waals surface area contributed by atoms with Crippen molar-refractivity contribution in [3.63, 3.8) is 0 Å². The molecule has 2 aromatic rings. The predicted octanol–water partition coefficient (Wildman–Crippen LogP) is 2.64. The van der Waals surface area contributed by atoms with E-state index in [0.29, 0.717) is 43.4 Å². The molecule has 1 aliphatic rings. The summed E-state index contributed by atoms with van der Waals surface area (Å²) in [7, 11) is 1.68. The molecule has 1 aromatic carbocycles. The number of hydrogen-bond donors (Lipinski definition) is 2. The molecule has 1 aromatic heterocycles. The number of carbonyl (C=O) groups excluding carboxylic acids is 1. The molecule has 0 saturated carbocycles. The fourth-order valence-electron chi connectivity index (χ4n) is 3.83. The van der Waals surface area contributed by atoms with E-state index in [1.807, 2.05) is 6.92 Å². The Balaban J connectivity index is 1.53. The summed E-state index contributed by atoms with van der Waals surface area (Å²) in [4.78, 5) is 24.7. The van der Waals surface area contributed by atoms with E-state index >= 15 is 0 Å². The molecule has 3 rings (SSSR count). The van der Waals surface area contributed by atoms with Crippen LogP contribution in [0.1, 0.15) is 24.9 Å². The van der Waals surface area contributed by atoms with E-state index in [-0.39, 0.29) is 18.5 Å². The van der Waals surface area contributed by atoms with Crippen molar-refractivity contribution in [2.75, 3.05) is 45.1 Å². The van der Waals surface area contributed by atoms with Gasteiger partial charge in [-0.25, -0.2) is 8.78 Å². The monoisotopic (exact) mass is 430 g/mol. The molecule has 0 radical (unpaired) electrons. The van der Waals surface area contributed by atoms with E-state index in [0.717, 1.165) is 12.5 Å². The lowest BCUT2D eigenvalue weighted by Crippen LogP contribution is -2.53. The maximum absolute atomic E-state index is 14.3. The number of guanidine groups is 1. The summed E-state index contributed by atoms with van der Waals surface area (Å²) in [6.07, 6.45) is 3.95. The number of carbonyl (C=O) groups is 1. The van der Waals surface area contributed by atoms with Gasteiger partial charge in [-0.3, -0.25) is 19.7 Å². The van der Waals surface area contributed by atoms with E-state index in [1.54, 1.807) is 31.6 Å². The van der Waals surface area contributed by atoms with Crippen molar-refractivity contribution in [2.24, 2.45) is 4.99 Å². The summed E-state index contributed by atoms with van der Waals surface area (Å²) < 4.78 is 27.6. The van der Waals surface area contributed by atoms with Crippen molar-refractivity contribution in [3.8, 4) is 0 Å². The van der Waals surface area contributed by atoms with Crippen LogP contribution in [0, 0.1) is 11.6 Å². The zero-order valence-electron chi connectivity index (χ0n) is 17.8. The van der Waals surface area contributed by atoms with Crippen molar-refractivity contribution in [2.45, 2.75) is 19.4 Å². The number of anilines is 1. The Hall–Kier alpha value is -3.07. The highest BCUT2D eigenvalue weighted by Gasteiger charge is 2.27. The molecule has 0 aliphatic carbocycles. The zero-order chi connectivity index (χ0) is 22.2. The van der Waals surface area contributed by atoms with Gasteiger partial charge in [0.05, 0.1) is 18.4 Å². The topological polar surface area (TPSA) is 72.9 Å². The van der Waals surface area contributed by atoms with Gasteiger partial charge in [0, 0.05) is 57.1 Å². The van der Waals surface area contributed by atoms with Gasteiger partial charge in [-0.1, -0.05) is 13.0 Å². The lowest BCUT2D eigenvalue weighted by Gasteiger charge is -2.40. The van der Waals surface area contributed by atoms with E-state index in [1.165, 1.54) is 12.1 Å². The van der Waals surface area contributed by atoms with Crippen molar-refractivity contribution >= 4 is 17.6 Å². The number of nitrogens with zero attached hydrogens (tertiary/aromatic N) is 4. The average molecular weight is 431 g/mol. The molecule has 7 nitrogen and oxygen atoms in total. The average Bonchev–Trinajstić information content (AvgIpc) is 2.77. The summed E-state index contributed by atoms with van der Waals surface area (Å²) >= 11 is 0. The maximum atomic E-state index is 14.3. The Kier molecular flexibility index (Phi) is 7.88. The molecular weight excluding hydrogens is 402 g/mol. The minimum atomic E-state index is -0.566. The van der Waals surface area contributed by atoms with Crippen molar-refractivity contribution in [1.29, 1.82) is 0 Å². The first-order chi connectivity index (χ1) is 15.0. The van der Waals surface area contributed by atoms with Crippen LogP contribution in [0.5, 0.6) is 0 Å². The lowest BCUT2D eigenvalue weighted by atomic mass is 10.0. The molecule has 1 atom stereocenters. The fraction of sp³-hybridized carbons (Fsp3) is 0.409. The van der Waals surface area contributed by atoms with Gasteiger partial charge in [-0.2, -0.15) is 0 Å². The third kappa shape index (κ3) is 5.97. The van der Waals surface area contributed by atoms with E-state index < -0.39 is 11.6 Å². The molecule has 9 heteroatoms. The second kappa shape index (κ2) is 10.8. The highest BCUT2D eigenvalue weighted by Crippen LogP contribution is 2.28. The van der Waals surface area contributed by atoms with Crippen LogP contribution in [0.3, 0.4) is 0 Å². The summed E-state index contributed by atoms with van der Waals surface area (Å²) in [5.74, 6) is -0.623. The Morgan fingerprint density at radius 3 is 2.61 bits per heavy atom. The van der Waals surface area contributed by atoms with Crippen LogP contribution in [-0.2, 0) is 4.79 Å². The number of nitrogens with one attached hydrogen (secondary N) is 2. The molecule has 2 N–H and O–H groups in total. The molecule has 2 heterocycles. The van der Waals surface area contributed by atoms with Crippen LogP contribution in [0.15, 0.2) is 47.7 Å². The predicted molar refractivity (Wildman–Crippen MR) is 117 cm³/mol. The fourth-order valence-corrected chi connectivity index (χ4v) is 3.83. The molecule has 0 bridgehead atoms. The van der Waals surface area contributed by atoms with Crippen molar-refractivity contribution in [3.05, 3.63) is 59.9 Å². The number of halogens is 2. The first-order valence-electron chi connectivity index (χ1n) is 10.4. The summed E-state index contributed by atoms with van der Waals surface area (Å²) in [5.41, 5.74) is 1.16. The number of benzene rings is 1. The largest absolute Gasteiger partial charge is 0.347 e. The molecule has 1 unspecified atom stereocenters. The Bertz CT molecular complexity index is 900. The SMILES string of the molecule is CCC(c1ccc(F)cc1F)N1CCN(C(=NC)NCC(=O)Nc2cccnc2)CC1. The number of rotatable bonds is 6. The van der Waals surface area contributed by atoms with E-state index in [4.69, 9.17) is 0 Å². The third-order valence-corrected chi connectivity index (χ3v) is 5.33. The summed E-state index contributed by atoms with van der Waals surface area (Å²) in [6.45, 7) is 4.86. The van der Waals surface area contributed by atoms with Crippen LogP contribution in [0.25, 0.3) is 0 Å². The standard InChI is InChI=1S/C22H28F2N6O/c1-3-20(18-7-6-16(23)13-19(18)24)29-9-11-30(12-10-29)22(25-2)27-15-21(31)28-17-5-4-8-26-14-17/h4-8,13-14,20H,3,9-12,15H2,1-2H3,(H,25,27)(H,28,31). The lowest BCUT2D eigenvalue weighted by molar-refractivity contribution is -0.115. The molecule has 1 aliphatic heterocycles. The minimum Gasteiger partial charge on any atom is -0.347 e. The molecule has 0 spiro atoms. The van der Waals surface area contributed by atoms with Gasteiger partial charge in [0.25, 0.3) is 0 Å². The molecule has 1 fully saturated rings. The highest BCUT2D eigenvalue weighted by molar-refractivity contribution is 5.94. The maximum Gasteiger partial charge on any atom is 0.243 e. The molecule has 31 heavy (non-hydrogen) atoms. The Labute approximate surface area is 181 Å². The van der Waals surface area contributed by atoms with Gasteiger partial charge in [-0.15, -0.1) is 0 Å². The first kappa shape index (κ1) is 22.6. The summed E-state index contributed by atoms with van der Waals surface area (Å²) in [6, 6.07) is 7.20. The molecular formula is C22H28F2N6O. The van der Waals surface area contributed by atoms with E-state index in [2.05, 4.69) is 30.4 Å². The number of aromatic nitrogens is 1. The van der Waals surface area contributed by atoms with Crippen molar-refractivity contribution < 1.29 is 13.6 Å². The normalized spacial score (nSPS) is 16.1. The van der Waals surface area contributed by atoms with Gasteiger partial charge in [-0.05, 0) is 24.6 Å². The summed E-state index contributed by atoms with van der Waals surface area (Å²) in [5, 5.41) is 5.86. The van der Waals surface area contributed by atoms with Crippen LogP contribution in [0.4, 0.5) is 14.5 Å². The Morgan fingerprint density at radius 2 is 2.00 bits per heavy atom. The van der Waals surface area contributed by atoms with Gasteiger partial charge in [0.1, 0.15) is 11.6 Å². The highest BCUT2D eigenvalue weighted by atomic mass is 19.1. The quantitative estimate of drug-likeness (QED) is 0.545. The van der Waals surface area contributed by atoms with Crippen LogP contribution in [0.2, 0.25) is 0 Å². The second-order valence-electron chi connectivity index (χ2n) is 7.30. The number of pyridine rings is 1. The van der Waals surface area contributed by atoms with E-state index in [9.17, 15) is 13.6 Å². The van der Waals surface area contributed by atoms with Gasteiger partial charge in [0.2, 0.25) is 5.91 Å². The van der Waals surface area contributed by atoms with Gasteiger partial charge >= 0.3 is 0 Å². The van der Waals surface area contributed by atoms with Crippen LogP contribution in [-0.4, -0.2) is 66.4 Å². The van der Waals surface area contributed by atoms with Gasteiger partial charge in [0.15, 0.2) is 5.96 Å². The van der Waals surface area contributed by atoms with Gasteiger partial charge < -0.3 is 15.5 Å². The second-order valence-corrected chi connectivity index (χ2v) is 7.30. The smallest absolute Gasteiger partial charge is 0.243 e. The van der Waals surface area contributed by atoms with Crippen LogP contribution < -0.4 is 10.6 Å².